The molecule has 0 spiro atoms. The maximum atomic E-state index is 13.1. The minimum atomic E-state index is -0.228. The number of H-pyrrole nitrogens is 1. The highest BCUT2D eigenvalue weighted by atomic mass is 16.1. The second-order valence-electron chi connectivity index (χ2n) is 7.87. The van der Waals surface area contributed by atoms with Crippen molar-refractivity contribution in [3.8, 4) is 0 Å². The molecule has 2 aromatic heterocycles. The van der Waals surface area contributed by atoms with Crippen LogP contribution in [0.3, 0.4) is 0 Å². The van der Waals surface area contributed by atoms with Crippen LogP contribution in [-0.2, 0) is 0 Å². The van der Waals surface area contributed by atoms with Crippen molar-refractivity contribution in [1.29, 1.82) is 0 Å². The number of aromatic nitrogens is 3. The van der Waals surface area contributed by atoms with Crippen LogP contribution in [0, 0.1) is 6.92 Å². The molecule has 0 bridgehead atoms. The Bertz CT molecular complexity index is 1310. The number of aryl methyl sites for hydroxylation is 1. The number of fused-ring (bicyclic) bond motifs is 3. The fourth-order valence-electron chi connectivity index (χ4n) is 4.31. The zero-order valence-corrected chi connectivity index (χ0v) is 16.7. The lowest BCUT2D eigenvalue weighted by Crippen LogP contribution is -2.28. The van der Waals surface area contributed by atoms with Crippen molar-refractivity contribution in [2.45, 2.75) is 25.7 Å². The number of anilines is 1. The van der Waals surface area contributed by atoms with E-state index in [1.807, 2.05) is 47.8 Å². The molecule has 1 aliphatic rings. The van der Waals surface area contributed by atoms with E-state index in [2.05, 4.69) is 15.6 Å². The summed E-state index contributed by atoms with van der Waals surface area (Å²) in [5.74, 6) is 0.0316. The molecular formula is C23H23N5O2. The number of rotatable bonds is 3. The average Bonchev–Trinajstić information content (AvgIpc) is 3.12. The Labute approximate surface area is 173 Å². The molecule has 0 radical (unpaired) electrons. The van der Waals surface area contributed by atoms with Gasteiger partial charge in [0.05, 0.1) is 22.2 Å². The maximum absolute atomic E-state index is 13.1. The second-order valence-corrected chi connectivity index (χ2v) is 7.87. The van der Waals surface area contributed by atoms with E-state index in [1.54, 1.807) is 12.1 Å². The number of amides is 1. The zero-order valence-electron chi connectivity index (χ0n) is 16.7. The minimum absolute atomic E-state index is 0.174. The van der Waals surface area contributed by atoms with E-state index >= 15 is 0 Å². The van der Waals surface area contributed by atoms with Gasteiger partial charge in [-0.25, -0.2) is 4.52 Å². The summed E-state index contributed by atoms with van der Waals surface area (Å²) in [5.41, 5.74) is 4.27. The van der Waals surface area contributed by atoms with Gasteiger partial charge in [-0.15, -0.1) is 0 Å². The van der Waals surface area contributed by atoms with Crippen LogP contribution in [0.2, 0.25) is 0 Å². The monoisotopic (exact) mass is 401 g/mol. The molecule has 0 saturated carbocycles. The standard InChI is InChI=1S/C23H23N5O2/c1-14-4-2-5-16(12-14)25-23(30)17-6-3-7-18-21(17)22-26-20(29)13-19(28(22)27-18)15-8-10-24-11-9-15/h2-7,12-13,15,24H,8-11H2,1H3,(H,25,30)(H,26,29). The Morgan fingerprint density at radius 2 is 1.93 bits per heavy atom. The van der Waals surface area contributed by atoms with Gasteiger partial charge in [-0.3, -0.25) is 9.59 Å². The number of piperidine rings is 1. The third-order valence-corrected chi connectivity index (χ3v) is 5.74. The van der Waals surface area contributed by atoms with Crippen LogP contribution in [0.15, 0.2) is 53.3 Å². The largest absolute Gasteiger partial charge is 0.322 e. The molecule has 4 aromatic rings. The molecule has 2 aromatic carbocycles. The molecule has 0 unspecified atom stereocenters. The summed E-state index contributed by atoms with van der Waals surface area (Å²) in [4.78, 5) is 28.5. The van der Waals surface area contributed by atoms with Gasteiger partial charge in [0.25, 0.3) is 11.5 Å². The van der Waals surface area contributed by atoms with Crippen molar-refractivity contribution in [1.82, 2.24) is 19.9 Å². The Morgan fingerprint density at radius 3 is 2.73 bits per heavy atom. The molecule has 30 heavy (non-hydrogen) atoms. The van der Waals surface area contributed by atoms with Crippen molar-refractivity contribution in [3.05, 3.63) is 75.7 Å². The van der Waals surface area contributed by atoms with Crippen LogP contribution in [-0.4, -0.2) is 33.6 Å². The number of benzene rings is 2. The first kappa shape index (κ1) is 18.6. The molecule has 0 atom stereocenters. The summed E-state index contributed by atoms with van der Waals surface area (Å²) in [6, 6.07) is 14.8. The van der Waals surface area contributed by atoms with Gasteiger partial charge in [0, 0.05) is 17.7 Å². The highest BCUT2D eigenvalue weighted by Gasteiger charge is 2.22. The van der Waals surface area contributed by atoms with E-state index in [1.165, 1.54) is 0 Å². The van der Waals surface area contributed by atoms with Crippen LogP contribution in [0.25, 0.3) is 16.6 Å². The van der Waals surface area contributed by atoms with Gasteiger partial charge in [-0.05, 0) is 62.7 Å². The number of hydrogen-bond donors (Lipinski definition) is 3. The van der Waals surface area contributed by atoms with Gasteiger partial charge in [-0.2, -0.15) is 5.10 Å². The van der Waals surface area contributed by atoms with Gasteiger partial charge in [-0.1, -0.05) is 18.2 Å². The Morgan fingerprint density at radius 1 is 1.13 bits per heavy atom. The molecule has 1 fully saturated rings. The maximum Gasteiger partial charge on any atom is 0.256 e. The number of aromatic amines is 1. The van der Waals surface area contributed by atoms with Crippen molar-refractivity contribution in [3.63, 3.8) is 0 Å². The highest BCUT2D eigenvalue weighted by Crippen LogP contribution is 2.28. The van der Waals surface area contributed by atoms with Crippen molar-refractivity contribution in [2.24, 2.45) is 0 Å². The molecule has 7 nitrogen and oxygen atoms in total. The van der Waals surface area contributed by atoms with Crippen LogP contribution in [0.4, 0.5) is 5.69 Å². The molecule has 0 aliphatic carbocycles. The summed E-state index contributed by atoms with van der Waals surface area (Å²) >= 11 is 0. The van der Waals surface area contributed by atoms with Crippen molar-refractivity contribution in [2.75, 3.05) is 18.4 Å². The number of nitrogens with zero attached hydrogens (tertiary/aromatic N) is 2. The SMILES string of the molecule is Cc1cccc(NC(=O)c2cccc3nn4c(C5CCNCC5)cc(=O)[nH]c4c23)c1. The number of nitrogens with one attached hydrogen (secondary N) is 3. The van der Waals surface area contributed by atoms with Gasteiger partial charge >= 0.3 is 0 Å². The van der Waals surface area contributed by atoms with Crippen LogP contribution in [0.1, 0.15) is 40.4 Å². The van der Waals surface area contributed by atoms with Crippen LogP contribution < -0.4 is 16.2 Å². The third kappa shape index (κ3) is 3.27. The predicted molar refractivity (Wildman–Crippen MR) is 117 cm³/mol. The summed E-state index contributed by atoms with van der Waals surface area (Å²) in [6.45, 7) is 3.82. The predicted octanol–water partition coefficient (Wildman–Crippen LogP) is 3.20. The zero-order chi connectivity index (χ0) is 20.7. The Hall–Kier alpha value is -3.45. The lowest BCUT2D eigenvalue weighted by molar-refractivity contribution is 0.102. The van der Waals surface area contributed by atoms with Gasteiger partial charge < -0.3 is 15.6 Å². The molecular weight excluding hydrogens is 378 g/mol. The first-order valence-electron chi connectivity index (χ1n) is 10.2. The van der Waals surface area contributed by atoms with E-state index < -0.39 is 0 Å². The highest BCUT2D eigenvalue weighted by molar-refractivity contribution is 6.15. The number of carbonyl (C=O) groups is 1. The number of hydrogen-bond acceptors (Lipinski definition) is 4. The minimum Gasteiger partial charge on any atom is -0.322 e. The van der Waals surface area contributed by atoms with Gasteiger partial charge in [0.2, 0.25) is 0 Å². The van der Waals surface area contributed by atoms with E-state index in [9.17, 15) is 9.59 Å². The third-order valence-electron chi connectivity index (χ3n) is 5.74. The van der Waals surface area contributed by atoms with E-state index in [0.29, 0.717) is 22.1 Å². The van der Waals surface area contributed by atoms with Gasteiger partial charge in [0.15, 0.2) is 0 Å². The van der Waals surface area contributed by atoms with Crippen molar-refractivity contribution < 1.29 is 4.79 Å². The van der Waals surface area contributed by atoms with E-state index in [4.69, 9.17) is 5.10 Å². The molecule has 5 rings (SSSR count). The molecule has 7 heteroatoms. The van der Waals surface area contributed by atoms with Crippen molar-refractivity contribution >= 4 is 28.1 Å². The summed E-state index contributed by atoms with van der Waals surface area (Å²) < 4.78 is 1.81. The second kappa shape index (κ2) is 7.42. The lowest BCUT2D eigenvalue weighted by Gasteiger charge is -2.23. The number of carbonyl (C=O) groups excluding carboxylic acids is 1. The first-order chi connectivity index (χ1) is 14.6. The summed E-state index contributed by atoms with van der Waals surface area (Å²) in [7, 11) is 0. The molecule has 1 amide bonds. The first-order valence-corrected chi connectivity index (χ1v) is 10.2. The lowest BCUT2D eigenvalue weighted by atomic mass is 9.94. The molecule has 3 N–H and O–H groups in total. The fourth-order valence-corrected chi connectivity index (χ4v) is 4.31. The average molecular weight is 401 g/mol. The fraction of sp³-hybridized carbons (Fsp3) is 0.261. The topological polar surface area (TPSA) is 91.3 Å². The van der Waals surface area contributed by atoms with E-state index in [-0.39, 0.29) is 17.4 Å². The molecule has 3 heterocycles. The van der Waals surface area contributed by atoms with Crippen LogP contribution >= 0.6 is 0 Å². The van der Waals surface area contributed by atoms with Crippen LogP contribution in [0.5, 0.6) is 0 Å². The quantitative estimate of drug-likeness (QED) is 0.492. The summed E-state index contributed by atoms with van der Waals surface area (Å²) in [5, 5.41) is 11.7. The molecule has 152 valence electrons. The normalized spacial score (nSPS) is 15.0. The van der Waals surface area contributed by atoms with E-state index in [0.717, 1.165) is 42.9 Å². The Kier molecular flexibility index (Phi) is 4.59. The molecule has 1 aliphatic heterocycles. The van der Waals surface area contributed by atoms with Gasteiger partial charge in [0.1, 0.15) is 5.65 Å². The summed E-state index contributed by atoms with van der Waals surface area (Å²) in [6.07, 6.45) is 1.91. The smallest absolute Gasteiger partial charge is 0.256 e. The Balaban J connectivity index is 1.65. The molecule has 1 saturated heterocycles.